The largest absolute Gasteiger partial charge is 0.381 e. The molecule has 2 atom stereocenters. The maximum atomic E-state index is 5.40. The summed E-state index contributed by atoms with van der Waals surface area (Å²) in [6, 6.07) is 0.713. The standard InChI is InChI=1S/C13H26N2O/c1-11-3-6-14-13(11)10-15(2)9-12-4-7-16-8-5-12/h11-14H,3-10H2,1-2H3. The summed E-state index contributed by atoms with van der Waals surface area (Å²) in [4.78, 5) is 2.51. The number of ether oxygens (including phenoxy) is 1. The van der Waals surface area contributed by atoms with Gasteiger partial charge in [-0.15, -0.1) is 0 Å². The van der Waals surface area contributed by atoms with Gasteiger partial charge in [-0.1, -0.05) is 6.92 Å². The molecule has 0 radical (unpaired) electrons. The second-order valence-corrected chi connectivity index (χ2v) is 5.60. The molecule has 0 aliphatic carbocycles. The van der Waals surface area contributed by atoms with Crippen LogP contribution in [0, 0.1) is 11.8 Å². The third-order valence-corrected chi connectivity index (χ3v) is 4.11. The Labute approximate surface area is 99.5 Å². The third kappa shape index (κ3) is 3.44. The number of likely N-dealkylation sites (N-methyl/N-ethyl adjacent to an activating group) is 1. The van der Waals surface area contributed by atoms with Crippen LogP contribution in [-0.4, -0.2) is 50.8 Å². The normalized spacial score (nSPS) is 32.4. The Morgan fingerprint density at radius 1 is 1.19 bits per heavy atom. The predicted molar refractivity (Wildman–Crippen MR) is 66.6 cm³/mol. The highest BCUT2D eigenvalue weighted by molar-refractivity contribution is 4.83. The molecule has 3 heteroatoms. The number of rotatable bonds is 4. The first kappa shape index (κ1) is 12.3. The van der Waals surface area contributed by atoms with Crippen LogP contribution in [0.5, 0.6) is 0 Å². The van der Waals surface area contributed by atoms with Crippen molar-refractivity contribution < 1.29 is 4.74 Å². The lowest BCUT2D eigenvalue weighted by molar-refractivity contribution is 0.0545. The summed E-state index contributed by atoms with van der Waals surface area (Å²) >= 11 is 0. The second-order valence-electron chi connectivity index (χ2n) is 5.60. The van der Waals surface area contributed by atoms with E-state index in [4.69, 9.17) is 4.74 Å². The van der Waals surface area contributed by atoms with Crippen LogP contribution >= 0.6 is 0 Å². The van der Waals surface area contributed by atoms with E-state index in [1.54, 1.807) is 0 Å². The first-order valence-electron chi connectivity index (χ1n) is 6.75. The van der Waals surface area contributed by atoms with Crippen molar-refractivity contribution in [1.29, 1.82) is 0 Å². The molecule has 2 aliphatic rings. The molecular formula is C13H26N2O. The molecule has 0 aromatic carbocycles. The lowest BCUT2D eigenvalue weighted by atomic mass is 9.98. The van der Waals surface area contributed by atoms with Gasteiger partial charge < -0.3 is 15.0 Å². The van der Waals surface area contributed by atoms with Crippen LogP contribution in [0.3, 0.4) is 0 Å². The first-order valence-corrected chi connectivity index (χ1v) is 6.75. The van der Waals surface area contributed by atoms with Gasteiger partial charge in [-0.3, -0.25) is 0 Å². The maximum absolute atomic E-state index is 5.40. The van der Waals surface area contributed by atoms with Gasteiger partial charge in [0.15, 0.2) is 0 Å². The molecule has 2 unspecified atom stereocenters. The zero-order valence-electron chi connectivity index (χ0n) is 10.7. The van der Waals surface area contributed by atoms with Gasteiger partial charge in [-0.2, -0.15) is 0 Å². The second kappa shape index (κ2) is 5.99. The van der Waals surface area contributed by atoms with Gasteiger partial charge in [-0.25, -0.2) is 0 Å². The lowest BCUT2D eigenvalue weighted by Gasteiger charge is -2.29. The summed E-state index contributed by atoms with van der Waals surface area (Å²) in [7, 11) is 2.27. The average molecular weight is 226 g/mol. The zero-order valence-corrected chi connectivity index (χ0v) is 10.7. The molecule has 0 amide bonds. The lowest BCUT2D eigenvalue weighted by Crippen LogP contribution is -2.40. The van der Waals surface area contributed by atoms with E-state index in [2.05, 4.69) is 24.2 Å². The summed E-state index contributed by atoms with van der Waals surface area (Å²) in [5.41, 5.74) is 0. The molecule has 16 heavy (non-hydrogen) atoms. The quantitative estimate of drug-likeness (QED) is 0.783. The van der Waals surface area contributed by atoms with Crippen LogP contribution in [-0.2, 0) is 4.74 Å². The summed E-state index contributed by atoms with van der Waals surface area (Å²) in [5, 5.41) is 3.61. The van der Waals surface area contributed by atoms with E-state index in [1.165, 1.54) is 38.9 Å². The Morgan fingerprint density at radius 2 is 1.94 bits per heavy atom. The highest BCUT2D eigenvalue weighted by Gasteiger charge is 2.24. The molecule has 2 aliphatic heterocycles. The highest BCUT2D eigenvalue weighted by atomic mass is 16.5. The van der Waals surface area contributed by atoms with Crippen molar-refractivity contribution in [3.05, 3.63) is 0 Å². The molecular weight excluding hydrogens is 200 g/mol. The zero-order chi connectivity index (χ0) is 11.4. The van der Waals surface area contributed by atoms with Crippen LogP contribution in [0.15, 0.2) is 0 Å². The van der Waals surface area contributed by atoms with Crippen molar-refractivity contribution in [1.82, 2.24) is 10.2 Å². The molecule has 0 saturated carbocycles. The van der Waals surface area contributed by atoms with Crippen LogP contribution in [0.1, 0.15) is 26.2 Å². The Balaban J connectivity index is 1.68. The molecule has 2 rings (SSSR count). The van der Waals surface area contributed by atoms with Crippen LogP contribution in [0.25, 0.3) is 0 Å². The van der Waals surface area contributed by atoms with E-state index < -0.39 is 0 Å². The summed E-state index contributed by atoms with van der Waals surface area (Å²) in [6.45, 7) is 7.96. The molecule has 2 saturated heterocycles. The third-order valence-electron chi connectivity index (χ3n) is 4.11. The van der Waals surface area contributed by atoms with E-state index in [9.17, 15) is 0 Å². The SMILES string of the molecule is CC1CCNC1CN(C)CC1CCOCC1. The van der Waals surface area contributed by atoms with Gasteiger partial charge in [0.1, 0.15) is 0 Å². The van der Waals surface area contributed by atoms with Crippen molar-refractivity contribution >= 4 is 0 Å². The monoisotopic (exact) mass is 226 g/mol. The van der Waals surface area contributed by atoms with E-state index in [-0.39, 0.29) is 0 Å². The molecule has 0 bridgehead atoms. The van der Waals surface area contributed by atoms with Crippen molar-refractivity contribution in [2.75, 3.05) is 39.9 Å². The summed E-state index contributed by atoms with van der Waals surface area (Å²) < 4.78 is 5.40. The van der Waals surface area contributed by atoms with E-state index in [0.29, 0.717) is 6.04 Å². The van der Waals surface area contributed by atoms with Gasteiger partial charge in [0.05, 0.1) is 0 Å². The molecule has 2 fully saturated rings. The Bertz CT molecular complexity index is 204. The Hall–Kier alpha value is -0.120. The molecule has 2 heterocycles. The van der Waals surface area contributed by atoms with Crippen molar-refractivity contribution in [2.24, 2.45) is 11.8 Å². The molecule has 1 N–H and O–H groups in total. The van der Waals surface area contributed by atoms with E-state index in [0.717, 1.165) is 25.0 Å². The summed E-state index contributed by atoms with van der Waals surface area (Å²) in [5.74, 6) is 1.70. The van der Waals surface area contributed by atoms with Crippen LogP contribution < -0.4 is 5.32 Å². The number of nitrogens with zero attached hydrogens (tertiary/aromatic N) is 1. The van der Waals surface area contributed by atoms with Gasteiger partial charge >= 0.3 is 0 Å². The average Bonchev–Trinajstić information content (AvgIpc) is 2.66. The smallest absolute Gasteiger partial charge is 0.0469 e. The number of nitrogens with one attached hydrogen (secondary N) is 1. The molecule has 3 nitrogen and oxygen atoms in total. The van der Waals surface area contributed by atoms with Crippen molar-refractivity contribution in [3.8, 4) is 0 Å². The fourth-order valence-electron chi connectivity index (χ4n) is 2.92. The van der Waals surface area contributed by atoms with Crippen LogP contribution in [0.2, 0.25) is 0 Å². The summed E-state index contributed by atoms with van der Waals surface area (Å²) in [6.07, 6.45) is 3.84. The van der Waals surface area contributed by atoms with Gasteiger partial charge in [-0.05, 0) is 44.7 Å². The number of hydrogen-bond donors (Lipinski definition) is 1. The minimum atomic E-state index is 0.713. The fraction of sp³-hybridized carbons (Fsp3) is 1.00. The van der Waals surface area contributed by atoms with Crippen molar-refractivity contribution in [3.63, 3.8) is 0 Å². The first-order chi connectivity index (χ1) is 7.75. The Kier molecular flexibility index (Phi) is 4.62. The minimum absolute atomic E-state index is 0.713. The minimum Gasteiger partial charge on any atom is -0.381 e. The highest BCUT2D eigenvalue weighted by Crippen LogP contribution is 2.18. The predicted octanol–water partition coefficient (Wildman–Crippen LogP) is 1.34. The maximum Gasteiger partial charge on any atom is 0.0469 e. The Morgan fingerprint density at radius 3 is 2.56 bits per heavy atom. The topological polar surface area (TPSA) is 24.5 Å². The fourth-order valence-corrected chi connectivity index (χ4v) is 2.92. The molecule has 0 aromatic heterocycles. The molecule has 94 valence electrons. The van der Waals surface area contributed by atoms with E-state index in [1.807, 2.05) is 0 Å². The van der Waals surface area contributed by atoms with Gasteiger partial charge in [0.25, 0.3) is 0 Å². The molecule has 0 spiro atoms. The number of hydrogen-bond acceptors (Lipinski definition) is 3. The van der Waals surface area contributed by atoms with Gasteiger partial charge in [0.2, 0.25) is 0 Å². The van der Waals surface area contributed by atoms with Crippen LogP contribution in [0.4, 0.5) is 0 Å². The molecule has 0 aromatic rings. The van der Waals surface area contributed by atoms with Gasteiger partial charge in [0, 0.05) is 32.3 Å². The van der Waals surface area contributed by atoms with E-state index >= 15 is 0 Å². The van der Waals surface area contributed by atoms with Crippen molar-refractivity contribution in [2.45, 2.75) is 32.2 Å².